The number of nitrogens with zero attached hydrogens (tertiary/aromatic N) is 5. The Bertz CT molecular complexity index is 1240. The summed E-state index contributed by atoms with van der Waals surface area (Å²) in [5.74, 6) is -0.588. The highest BCUT2D eigenvalue weighted by atomic mass is 19.1. The van der Waals surface area contributed by atoms with Crippen LogP contribution in [0.4, 0.5) is 10.1 Å². The maximum absolute atomic E-state index is 13.5. The number of nitrogens with two attached hydrogens (primary N) is 1. The van der Waals surface area contributed by atoms with Crippen molar-refractivity contribution >= 4 is 23.2 Å². The summed E-state index contributed by atoms with van der Waals surface area (Å²) >= 11 is 0. The van der Waals surface area contributed by atoms with Crippen LogP contribution < -0.4 is 10.7 Å². The molecule has 5 rings (SSSR count). The van der Waals surface area contributed by atoms with Gasteiger partial charge in [0, 0.05) is 25.1 Å². The second-order valence-electron chi connectivity index (χ2n) is 8.41. The van der Waals surface area contributed by atoms with Crippen molar-refractivity contribution in [2.24, 2.45) is 10.8 Å². The Hall–Kier alpha value is -4.08. The van der Waals surface area contributed by atoms with E-state index in [1.807, 2.05) is 30.3 Å². The van der Waals surface area contributed by atoms with E-state index >= 15 is 0 Å². The Kier molecular flexibility index (Phi) is 5.79. The molecule has 2 aromatic carbocycles. The molecule has 34 heavy (non-hydrogen) atoms. The first-order valence-electron chi connectivity index (χ1n) is 11.1. The van der Waals surface area contributed by atoms with Crippen LogP contribution in [0.5, 0.6) is 0 Å². The van der Waals surface area contributed by atoms with Gasteiger partial charge in [0.05, 0.1) is 11.6 Å². The smallest absolute Gasteiger partial charge is 0.270 e. The number of primary amides is 1. The number of amides is 2. The zero-order valence-corrected chi connectivity index (χ0v) is 18.3. The number of rotatable bonds is 5. The Morgan fingerprint density at radius 3 is 2.71 bits per heavy atom. The summed E-state index contributed by atoms with van der Waals surface area (Å²) in [6.45, 7) is 0.945. The number of halogens is 1. The van der Waals surface area contributed by atoms with E-state index in [9.17, 15) is 14.0 Å². The average Bonchev–Trinajstić information content (AvgIpc) is 3.53. The SMILES string of the molecule is NC(=O)C1CC(C(=O)N2CCCC(c3nc(-c4cccc(F)c4)no3)C2)=NN1c1ccccc1. The molecule has 1 saturated heterocycles. The third-order valence-electron chi connectivity index (χ3n) is 6.09. The molecule has 2 aliphatic heterocycles. The van der Waals surface area contributed by atoms with E-state index in [0.717, 1.165) is 12.8 Å². The fourth-order valence-electron chi connectivity index (χ4n) is 4.37. The van der Waals surface area contributed by atoms with Gasteiger partial charge in [-0.3, -0.25) is 14.6 Å². The second-order valence-corrected chi connectivity index (χ2v) is 8.41. The summed E-state index contributed by atoms with van der Waals surface area (Å²) < 4.78 is 19.0. The van der Waals surface area contributed by atoms with Gasteiger partial charge in [0.1, 0.15) is 17.6 Å². The summed E-state index contributed by atoms with van der Waals surface area (Å²) in [5.41, 5.74) is 7.11. The monoisotopic (exact) mass is 462 g/mol. The van der Waals surface area contributed by atoms with Gasteiger partial charge in [0.15, 0.2) is 0 Å². The summed E-state index contributed by atoms with van der Waals surface area (Å²) in [6, 6.07) is 14.4. The molecular weight excluding hydrogens is 439 g/mol. The number of carbonyl (C=O) groups is 2. The number of anilines is 1. The van der Waals surface area contributed by atoms with E-state index in [1.54, 1.807) is 17.0 Å². The molecule has 9 nitrogen and oxygen atoms in total. The maximum Gasteiger partial charge on any atom is 0.270 e. The topological polar surface area (TPSA) is 118 Å². The first-order valence-corrected chi connectivity index (χ1v) is 11.1. The molecule has 3 aromatic rings. The normalized spacial score (nSPS) is 20.3. The Labute approximate surface area is 195 Å². The zero-order valence-electron chi connectivity index (χ0n) is 18.3. The lowest BCUT2D eigenvalue weighted by molar-refractivity contribution is -0.125. The van der Waals surface area contributed by atoms with Crippen molar-refractivity contribution in [1.29, 1.82) is 0 Å². The molecule has 2 N–H and O–H groups in total. The molecule has 0 saturated carbocycles. The van der Waals surface area contributed by atoms with E-state index in [0.29, 0.717) is 41.8 Å². The van der Waals surface area contributed by atoms with Gasteiger partial charge < -0.3 is 15.2 Å². The molecule has 10 heteroatoms. The molecule has 2 atom stereocenters. The van der Waals surface area contributed by atoms with E-state index < -0.39 is 11.9 Å². The van der Waals surface area contributed by atoms with Gasteiger partial charge in [0.2, 0.25) is 17.6 Å². The van der Waals surface area contributed by atoms with Crippen LogP contribution in [-0.4, -0.2) is 51.7 Å². The van der Waals surface area contributed by atoms with Gasteiger partial charge in [0.25, 0.3) is 5.91 Å². The third-order valence-corrected chi connectivity index (χ3v) is 6.09. The minimum atomic E-state index is -0.716. The zero-order chi connectivity index (χ0) is 23.7. The Morgan fingerprint density at radius 1 is 1.12 bits per heavy atom. The molecule has 1 fully saturated rings. The number of hydrazone groups is 1. The molecular formula is C24H23FN6O3. The molecule has 3 heterocycles. The highest BCUT2D eigenvalue weighted by molar-refractivity contribution is 6.40. The standard InChI is InChI=1S/C24H23FN6O3/c25-17-8-4-6-15(12-17)22-27-23(34-29-22)16-7-5-11-30(14-16)24(33)19-13-20(21(26)32)31(28-19)18-9-2-1-3-10-18/h1-4,6,8-10,12,16,20H,5,7,11,13-14H2,(H2,26,32). The number of carbonyl (C=O) groups excluding carboxylic acids is 2. The molecule has 0 radical (unpaired) electrons. The molecule has 0 aliphatic carbocycles. The van der Waals surface area contributed by atoms with Crippen molar-refractivity contribution in [2.45, 2.75) is 31.2 Å². The van der Waals surface area contributed by atoms with Gasteiger partial charge in [-0.05, 0) is 37.1 Å². The highest BCUT2D eigenvalue weighted by Crippen LogP contribution is 2.30. The summed E-state index contributed by atoms with van der Waals surface area (Å²) in [5, 5.41) is 9.96. The fraction of sp³-hybridized carbons (Fsp3) is 0.292. The molecule has 0 spiro atoms. The molecule has 2 amide bonds. The number of hydrogen-bond acceptors (Lipinski definition) is 7. The molecule has 1 aromatic heterocycles. The molecule has 2 aliphatic rings. The summed E-state index contributed by atoms with van der Waals surface area (Å²) in [4.78, 5) is 31.5. The lowest BCUT2D eigenvalue weighted by atomic mass is 9.97. The van der Waals surface area contributed by atoms with Crippen LogP contribution in [0.25, 0.3) is 11.4 Å². The third kappa shape index (κ3) is 4.26. The van der Waals surface area contributed by atoms with Crippen molar-refractivity contribution in [2.75, 3.05) is 18.1 Å². The van der Waals surface area contributed by atoms with Crippen molar-refractivity contribution in [1.82, 2.24) is 15.0 Å². The van der Waals surface area contributed by atoms with Crippen LogP contribution in [0.3, 0.4) is 0 Å². The maximum atomic E-state index is 13.5. The van der Waals surface area contributed by atoms with Crippen LogP contribution >= 0.6 is 0 Å². The van der Waals surface area contributed by atoms with Crippen molar-refractivity contribution in [3.05, 3.63) is 66.3 Å². The Morgan fingerprint density at radius 2 is 1.94 bits per heavy atom. The van der Waals surface area contributed by atoms with Crippen molar-refractivity contribution < 1.29 is 18.5 Å². The first-order chi connectivity index (χ1) is 16.5. The average molecular weight is 462 g/mol. The van der Waals surface area contributed by atoms with Crippen LogP contribution in [-0.2, 0) is 9.59 Å². The predicted molar refractivity (Wildman–Crippen MR) is 122 cm³/mol. The molecule has 0 bridgehead atoms. The minimum Gasteiger partial charge on any atom is -0.368 e. The number of piperidine rings is 1. The first kappa shape index (κ1) is 21.7. The number of benzene rings is 2. The fourth-order valence-corrected chi connectivity index (χ4v) is 4.37. The number of aromatic nitrogens is 2. The quantitative estimate of drug-likeness (QED) is 0.623. The van der Waals surface area contributed by atoms with Crippen LogP contribution in [0.1, 0.15) is 31.1 Å². The number of para-hydroxylation sites is 1. The van der Waals surface area contributed by atoms with Gasteiger partial charge in [-0.25, -0.2) is 4.39 Å². The van der Waals surface area contributed by atoms with Gasteiger partial charge in [-0.2, -0.15) is 10.1 Å². The molecule has 2 unspecified atom stereocenters. The van der Waals surface area contributed by atoms with Crippen molar-refractivity contribution in [3.8, 4) is 11.4 Å². The van der Waals surface area contributed by atoms with E-state index in [4.69, 9.17) is 10.3 Å². The predicted octanol–water partition coefficient (Wildman–Crippen LogP) is 2.70. The lowest BCUT2D eigenvalue weighted by Gasteiger charge is -2.30. The van der Waals surface area contributed by atoms with E-state index in [2.05, 4.69) is 15.2 Å². The lowest BCUT2D eigenvalue weighted by Crippen LogP contribution is -2.43. The second kappa shape index (κ2) is 9.05. The van der Waals surface area contributed by atoms with E-state index in [1.165, 1.54) is 17.1 Å². The summed E-state index contributed by atoms with van der Waals surface area (Å²) in [6.07, 6.45) is 1.68. The van der Waals surface area contributed by atoms with Crippen LogP contribution in [0.2, 0.25) is 0 Å². The molecule has 174 valence electrons. The largest absolute Gasteiger partial charge is 0.368 e. The number of hydrogen-bond donors (Lipinski definition) is 1. The van der Waals surface area contributed by atoms with Gasteiger partial charge in [-0.15, -0.1) is 0 Å². The van der Waals surface area contributed by atoms with Gasteiger partial charge >= 0.3 is 0 Å². The van der Waals surface area contributed by atoms with Gasteiger partial charge in [-0.1, -0.05) is 35.5 Å². The number of likely N-dealkylation sites (tertiary alicyclic amines) is 1. The Balaban J connectivity index is 1.32. The van der Waals surface area contributed by atoms with Crippen LogP contribution in [0.15, 0.2) is 64.2 Å². The van der Waals surface area contributed by atoms with Crippen LogP contribution in [0, 0.1) is 5.82 Å². The minimum absolute atomic E-state index is 0.147. The van der Waals surface area contributed by atoms with Crippen molar-refractivity contribution in [3.63, 3.8) is 0 Å². The highest BCUT2D eigenvalue weighted by Gasteiger charge is 2.38. The summed E-state index contributed by atoms with van der Waals surface area (Å²) in [7, 11) is 0. The van der Waals surface area contributed by atoms with E-state index in [-0.39, 0.29) is 24.1 Å².